The lowest BCUT2D eigenvalue weighted by molar-refractivity contribution is -0.252. The zero-order chi connectivity index (χ0) is 18.5. The lowest BCUT2D eigenvalue weighted by Crippen LogP contribution is -2.21. The lowest BCUT2D eigenvalue weighted by Gasteiger charge is -2.22. The molecule has 23 heavy (non-hydrogen) atoms. The first-order chi connectivity index (χ1) is 10.8. The minimum Gasteiger partial charge on any atom is -0.481 e. The maximum Gasteiger partial charge on any atom is 0.306 e. The van der Waals surface area contributed by atoms with Gasteiger partial charge in [-0.25, -0.2) is 4.89 Å². The second kappa shape index (κ2) is 14.4. The molecule has 1 aromatic carbocycles. The summed E-state index contributed by atoms with van der Waals surface area (Å²) < 4.78 is 0. The summed E-state index contributed by atoms with van der Waals surface area (Å²) in [6, 6.07) is 10.7. The predicted octanol–water partition coefficient (Wildman–Crippen LogP) is 5.98. The van der Waals surface area contributed by atoms with E-state index in [4.69, 9.17) is 10.4 Å². The van der Waals surface area contributed by atoms with Crippen molar-refractivity contribution in [3.05, 3.63) is 35.9 Å². The Balaban J connectivity index is 0. The lowest BCUT2D eigenvalue weighted by atomic mass is 9.82. The van der Waals surface area contributed by atoms with Crippen molar-refractivity contribution in [1.82, 2.24) is 0 Å². The molecule has 1 rings (SSSR count). The van der Waals surface area contributed by atoms with Crippen LogP contribution in [0.25, 0.3) is 0 Å². The molecule has 0 saturated carbocycles. The Hall–Kier alpha value is 0.0700. The Morgan fingerprint density at radius 3 is 2.04 bits per heavy atom. The molecule has 0 saturated heterocycles. The molecule has 0 aliphatic rings. The zero-order valence-electron chi connectivity index (χ0n) is 14.4. The average Bonchev–Trinajstić information content (AvgIpc) is 2.57. The zero-order valence-corrected chi connectivity index (χ0v) is 18.7. The van der Waals surface area contributed by atoms with Gasteiger partial charge in [0.2, 0.25) is 0 Å². The average molecular weight is 550 g/mol. The molecule has 2 unspecified atom stereocenters. The highest BCUT2D eigenvalue weighted by molar-refractivity contribution is 15.0. The molecular formula is C17H28I2O4. The summed E-state index contributed by atoms with van der Waals surface area (Å²) in [4.78, 5) is 14.1. The fraction of sp³-hybridized carbons (Fsp3) is 0.588. The van der Waals surface area contributed by atoms with Crippen molar-refractivity contribution < 1.29 is 20.0 Å². The molecule has 0 aliphatic heterocycles. The third kappa shape index (κ3) is 11.3. The van der Waals surface area contributed by atoms with Gasteiger partial charge in [0.25, 0.3) is 0 Å². The third-order valence-corrected chi connectivity index (χ3v) is 4.02. The summed E-state index contributed by atoms with van der Waals surface area (Å²) in [7, 11) is 0. The van der Waals surface area contributed by atoms with Crippen LogP contribution < -0.4 is 0 Å². The van der Waals surface area contributed by atoms with E-state index in [0.717, 1.165) is 0 Å². The van der Waals surface area contributed by atoms with Crippen LogP contribution in [0.1, 0.15) is 46.6 Å². The van der Waals surface area contributed by atoms with E-state index < -0.39 is 11.9 Å². The number of benzene rings is 1. The smallest absolute Gasteiger partial charge is 0.306 e. The molecular weight excluding hydrogens is 522 g/mol. The first-order valence-corrected chi connectivity index (χ1v) is 13.7. The molecule has 1 aromatic rings. The van der Waals surface area contributed by atoms with E-state index in [-0.39, 0.29) is 12.5 Å². The van der Waals surface area contributed by atoms with Crippen LogP contribution in [-0.2, 0) is 15.1 Å². The van der Waals surface area contributed by atoms with Gasteiger partial charge in [-0.05, 0) is 23.3 Å². The van der Waals surface area contributed by atoms with E-state index in [9.17, 15) is 4.79 Å². The van der Waals surface area contributed by atoms with Crippen LogP contribution in [0.4, 0.5) is 0 Å². The molecule has 2 atom stereocenters. The maximum absolute atomic E-state index is 10.3. The summed E-state index contributed by atoms with van der Waals surface area (Å²) in [5.41, 5.74) is 1.77. The molecule has 0 fully saturated rings. The number of carbonyl (C=O) groups is 1. The van der Waals surface area contributed by atoms with Crippen LogP contribution in [0.2, 0.25) is 0 Å². The highest BCUT2D eigenvalue weighted by Crippen LogP contribution is 2.25. The molecule has 2 N–H and O–H groups in total. The van der Waals surface area contributed by atoms with Crippen molar-refractivity contribution in [3.8, 4) is 0 Å². The largest absolute Gasteiger partial charge is 0.481 e. The summed E-state index contributed by atoms with van der Waals surface area (Å²) >= 11 is 4.24. The van der Waals surface area contributed by atoms with Crippen LogP contribution in [0.15, 0.2) is 30.3 Å². The molecule has 0 spiro atoms. The SMILES string of the molecule is CC(COO)C(C)C(=O)O.CCC(C)(C)c1ccccc1.II. The van der Waals surface area contributed by atoms with Gasteiger partial charge in [-0.1, -0.05) is 65.0 Å². The first kappa shape index (κ1) is 25.3. The number of aliphatic carboxylic acids is 1. The summed E-state index contributed by atoms with van der Waals surface area (Å²) in [6.45, 7) is 10.1. The molecule has 0 bridgehead atoms. The second-order valence-corrected chi connectivity index (χ2v) is 6.00. The summed E-state index contributed by atoms with van der Waals surface area (Å²) in [5.74, 6) is -1.51. The fourth-order valence-electron chi connectivity index (χ4n) is 1.60. The van der Waals surface area contributed by atoms with Crippen molar-refractivity contribution >= 4 is 43.2 Å². The second-order valence-electron chi connectivity index (χ2n) is 6.00. The normalized spacial score (nSPS) is 12.9. The molecule has 4 nitrogen and oxygen atoms in total. The van der Waals surface area contributed by atoms with Gasteiger partial charge in [0.15, 0.2) is 0 Å². The first-order valence-electron chi connectivity index (χ1n) is 7.45. The Bertz CT molecular complexity index is 410. The predicted molar refractivity (Wildman–Crippen MR) is 112 cm³/mol. The quantitative estimate of drug-likeness (QED) is 0.260. The maximum atomic E-state index is 10.3. The van der Waals surface area contributed by atoms with Crippen molar-refractivity contribution in [2.45, 2.75) is 46.5 Å². The summed E-state index contributed by atoms with van der Waals surface area (Å²) in [5, 5.41) is 16.4. The van der Waals surface area contributed by atoms with Gasteiger partial charge in [0.05, 0.1) is 12.5 Å². The highest BCUT2D eigenvalue weighted by atomic mass is 128. The van der Waals surface area contributed by atoms with Gasteiger partial charge in [-0.2, -0.15) is 0 Å². The molecule has 134 valence electrons. The van der Waals surface area contributed by atoms with E-state index in [0.29, 0.717) is 5.41 Å². The van der Waals surface area contributed by atoms with Gasteiger partial charge in [-0.15, -0.1) is 0 Å². The standard InChI is InChI=1S/C11H16.C6H12O4.I2/c1-4-11(2,3)10-8-6-5-7-9-10;1-4(3-10-9)5(2)6(7)8;1-2/h5-9H,4H2,1-3H3;4-5,9H,3H2,1-2H3,(H,7,8);. The Labute approximate surface area is 163 Å². The number of hydrogen-bond donors (Lipinski definition) is 2. The van der Waals surface area contributed by atoms with E-state index >= 15 is 0 Å². The third-order valence-electron chi connectivity index (χ3n) is 4.02. The molecule has 0 aromatic heterocycles. The van der Waals surface area contributed by atoms with Crippen LogP contribution in [0.5, 0.6) is 0 Å². The molecule has 0 radical (unpaired) electrons. The van der Waals surface area contributed by atoms with Gasteiger partial charge < -0.3 is 5.11 Å². The summed E-state index contributed by atoms with van der Waals surface area (Å²) in [6.07, 6.45) is 1.19. The van der Waals surface area contributed by atoms with Crippen molar-refractivity contribution in [1.29, 1.82) is 0 Å². The number of rotatable bonds is 6. The van der Waals surface area contributed by atoms with Crippen molar-refractivity contribution in [3.63, 3.8) is 0 Å². The number of hydrogen-bond acceptors (Lipinski definition) is 3. The Morgan fingerprint density at radius 1 is 1.22 bits per heavy atom. The van der Waals surface area contributed by atoms with E-state index in [1.54, 1.807) is 13.8 Å². The Kier molecular flexibility index (Phi) is 15.9. The van der Waals surface area contributed by atoms with Crippen LogP contribution in [0.3, 0.4) is 0 Å². The van der Waals surface area contributed by atoms with Gasteiger partial charge in [0, 0.05) is 37.2 Å². The van der Waals surface area contributed by atoms with E-state index in [1.807, 2.05) is 0 Å². The molecule has 0 amide bonds. The molecule has 6 heteroatoms. The number of carboxylic acid groups (broad SMARTS) is 1. The van der Waals surface area contributed by atoms with Crippen molar-refractivity contribution in [2.24, 2.45) is 11.8 Å². The van der Waals surface area contributed by atoms with Gasteiger partial charge in [-0.3, -0.25) is 10.1 Å². The van der Waals surface area contributed by atoms with Gasteiger partial charge >= 0.3 is 5.97 Å². The van der Waals surface area contributed by atoms with E-state index in [1.165, 1.54) is 12.0 Å². The number of halogens is 2. The van der Waals surface area contributed by atoms with Crippen LogP contribution in [-0.4, -0.2) is 22.9 Å². The molecule has 0 heterocycles. The minimum atomic E-state index is -0.871. The Morgan fingerprint density at radius 2 is 1.70 bits per heavy atom. The van der Waals surface area contributed by atoms with E-state index in [2.05, 4.69) is 93.2 Å². The van der Waals surface area contributed by atoms with Crippen LogP contribution >= 0.6 is 37.2 Å². The highest BCUT2D eigenvalue weighted by Gasteiger charge is 2.19. The van der Waals surface area contributed by atoms with Crippen LogP contribution in [0, 0.1) is 11.8 Å². The topological polar surface area (TPSA) is 66.8 Å². The monoisotopic (exact) mass is 550 g/mol. The minimum absolute atomic E-state index is 0.0630. The molecule has 0 aliphatic carbocycles. The van der Waals surface area contributed by atoms with Gasteiger partial charge in [0.1, 0.15) is 0 Å². The van der Waals surface area contributed by atoms with Crippen molar-refractivity contribution in [2.75, 3.05) is 6.61 Å². The fourth-order valence-corrected chi connectivity index (χ4v) is 1.60. The number of carboxylic acids is 1.